The summed E-state index contributed by atoms with van der Waals surface area (Å²) in [5.41, 5.74) is 4.96. The van der Waals surface area contributed by atoms with Gasteiger partial charge in [-0.2, -0.15) is 10.1 Å². The highest BCUT2D eigenvalue weighted by Gasteiger charge is 2.41. The number of nitrogens with zero attached hydrogens (tertiary/aromatic N) is 3. The van der Waals surface area contributed by atoms with Gasteiger partial charge in [-0.05, 0) is 53.6 Å². The van der Waals surface area contributed by atoms with Crippen LogP contribution in [0.4, 0.5) is 5.95 Å². The van der Waals surface area contributed by atoms with Gasteiger partial charge in [0.1, 0.15) is 30.0 Å². The van der Waals surface area contributed by atoms with Gasteiger partial charge in [0.25, 0.3) is 0 Å². The lowest BCUT2D eigenvalue weighted by atomic mass is 9.84. The van der Waals surface area contributed by atoms with Crippen molar-refractivity contribution >= 4 is 39.2 Å². The summed E-state index contributed by atoms with van der Waals surface area (Å²) in [6.45, 7) is 0. The quantitative estimate of drug-likeness (QED) is 0.345. The number of ether oxygens (including phenoxy) is 2. The maximum atomic E-state index is 6.61. The van der Waals surface area contributed by atoms with E-state index in [0.717, 1.165) is 43.9 Å². The van der Waals surface area contributed by atoms with Crippen LogP contribution in [-0.4, -0.2) is 21.9 Å². The number of benzene rings is 3. The van der Waals surface area contributed by atoms with Crippen LogP contribution in [0, 0.1) is 0 Å². The van der Waals surface area contributed by atoms with Gasteiger partial charge in [-0.1, -0.05) is 51.8 Å². The Hall–Kier alpha value is -3.29. The van der Waals surface area contributed by atoms with Gasteiger partial charge in [0, 0.05) is 20.6 Å². The molecule has 0 aliphatic carbocycles. The largest absolute Gasteiger partial charge is 0.497 e. The molecular weight excluding hydrogens is 504 g/mol. The van der Waals surface area contributed by atoms with Crippen LogP contribution in [0.15, 0.2) is 83.1 Å². The molecule has 3 heterocycles. The lowest BCUT2D eigenvalue weighted by Gasteiger charge is -2.39. The summed E-state index contributed by atoms with van der Waals surface area (Å²) in [5.74, 6) is 2.22. The molecule has 0 amide bonds. The SMILES string of the molecule is COc1ccc([C@@H]2Oc3ccc(Cl)cc3C3=C2[C@H](c2ccc(Br)cc2)n2ncnc2N3)cc1. The molecule has 2 aliphatic rings. The Morgan fingerprint density at radius 1 is 1.03 bits per heavy atom. The molecule has 0 spiro atoms. The number of halogens is 2. The molecule has 2 atom stereocenters. The van der Waals surface area contributed by atoms with Crippen molar-refractivity contribution in [2.24, 2.45) is 0 Å². The van der Waals surface area contributed by atoms with Gasteiger partial charge >= 0.3 is 0 Å². The number of rotatable bonds is 3. The molecule has 6 rings (SSSR count). The first-order chi connectivity index (χ1) is 16.1. The Balaban J connectivity index is 1.61. The summed E-state index contributed by atoms with van der Waals surface area (Å²) in [4.78, 5) is 4.46. The Morgan fingerprint density at radius 2 is 1.79 bits per heavy atom. The second kappa shape index (κ2) is 7.93. The molecule has 1 aromatic heterocycles. The molecule has 0 radical (unpaired) electrons. The average molecular weight is 522 g/mol. The third-order valence-electron chi connectivity index (χ3n) is 5.98. The zero-order valence-electron chi connectivity index (χ0n) is 17.5. The van der Waals surface area contributed by atoms with Crippen molar-refractivity contribution in [2.45, 2.75) is 12.1 Å². The van der Waals surface area contributed by atoms with E-state index in [1.807, 2.05) is 59.3 Å². The third-order valence-corrected chi connectivity index (χ3v) is 6.74. The number of hydrogen-bond donors (Lipinski definition) is 1. The fraction of sp³-hybridized carbons (Fsp3) is 0.120. The second-order valence-corrected chi connectivity index (χ2v) is 9.20. The monoisotopic (exact) mass is 520 g/mol. The fourth-order valence-corrected chi connectivity index (χ4v) is 4.90. The minimum atomic E-state index is -0.349. The minimum absolute atomic E-state index is 0.217. The molecule has 0 fully saturated rings. The maximum Gasteiger partial charge on any atom is 0.226 e. The maximum absolute atomic E-state index is 6.61. The topological polar surface area (TPSA) is 61.2 Å². The smallest absolute Gasteiger partial charge is 0.226 e. The van der Waals surface area contributed by atoms with Crippen molar-refractivity contribution in [3.63, 3.8) is 0 Å². The molecule has 4 aromatic rings. The van der Waals surface area contributed by atoms with Crippen LogP contribution in [0.1, 0.15) is 28.8 Å². The number of methoxy groups -OCH3 is 1. The highest BCUT2D eigenvalue weighted by atomic mass is 79.9. The van der Waals surface area contributed by atoms with E-state index >= 15 is 0 Å². The molecule has 3 aromatic carbocycles. The molecule has 164 valence electrons. The van der Waals surface area contributed by atoms with Crippen molar-refractivity contribution in [1.29, 1.82) is 0 Å². The van der Waals surface area contributed by atoms with Crippen LogP contribution in [0.5, 0.6) is 11.5 Å². The predicted octanol–water partition coefficient (Wildman–Crippen LogP) is 6.26. The number of hydrogen-bond acceptors (Lipinski definition) is 5. The van der Waals surface area contributed by atoms with Gasteiger partial charge in [0.15, 0.2) is 0 Å². The van der Waals surface area contributed by atoms with Crippen molar-refractivity contribution in [3.8, 4) is 11.5 Å². The van der Waals surface area contributed by atoms with Crippen molar-refractivity contribution < 1.29 is 9.47 Å². The molecule has 6 nitrogen and oxygen atoms in total. The van der Waals surface area contributed by atoms with Gasteiger partial charge in [0.05, 0.1) is 12.8 Å². The van der Waals surface area contributed by atoms with Crippen molar-refractivity contribution in [2.75, 3.05) is 12.4 Å². The van der Waals surface area contributed by atoms with Gasteiger partial charge in [-0.25, -0.2) is 4.68 Å². The highest BCUT2D eigenvalue weighted by Crippen LogP contribution is 2.51. The summed E-state index contributed by atoms with van der Waals surface area (Å²) in [7, 11) is 1.66. The Kier molecular flexibility index (Phi) is 4.89. The average Bonchev–Trinajstić information content (AvgIpc) is 3.31. The lowest BCUT2D eigenvalue weighted by Crippen LogP contribution is -2.32. The van der Waals surface area contributed by atoms with Gasteiger partial charge in [-0.3, -0.25) is 0 Å². The molecule has 0 saturated carbocycles. The third kappa shape index (κ3) is 3.39. The Bertz CT molecular complexity index is 1380. The normalized spacial score (nSPS) is 18.5. The Morgan fingerprint density at radius 3 is 2.55 bits per heavy atom. The zero-order chi connectivity index (χ0) is 22.5. The number of nitrogens with one attached hydrogen (secondary N) is 1. The van der Waals surface area contributed by atoms with E-state index in [4.69, 9.17) is 21.1 Å². The van der Waals surface area contributed by atoms with E-state index in [-0.39, 0.29) is 12.1 Å². The van der Waals surface area contributed by atoms with Crippen molar-refractivity contribution in [1.82, 2.24) is 14.8 Å². The van der Waals surface area contributed by atoms with Crippen LogP contribution in [0.25, 0.3) is 5.70 Å². The molecule has 8 heteroatoms. The first-order valence-corrected chi connectivity index (χ1v) is 11.6. The molecule has 0 unspecified atom stereocenters. The first kappa shape index (κ1) is 20.3. The molecule has 0 saturated heterocycles. The van der Waals surface area contributed by atoms with Gasteiger partial charge in [0.2, 0.25) is 5.95 Å². The fourth-order valence-electron chi connectivity index (χ4n) is 4.46. The number of aromatic nitrogens is 3. The van der Waals surface area contributed by atoms with E-state index in [1.54, 1.807) is 13.4 Å². The molecule has 1 N–H and O–H groups in total. The summed E-state index contributed by atoms with van der Waals surface area (Å²) >= 11 is 9.93. The van der Waals surface area contributed by atoms with E-state index in [2.05, 4.69) is 43.5 Å². The predicted molar refractivity (Wildman–Crippen MR) is 131 cm³/mol. The first-order valence-electron chi connectivity index (χ1n) is 10.4. The summed E-state index contributed by atoms with van der Waals surface area (Å²) in [5, 5.41) is 8.68. The van der Waals surface area contributed by atoms with E-state index in [9.17, 15) is 0 Å². The van der Waals surface area contributed by atoms with Crippen LogP contribution in [0.2, 0.25) is 5.02 Å². The molecule has 2 aliphatic heterocycles. The zero-order valence-corrected chi connectivity index (χ0v) is 19.8. The number of fused-ring (bicyclic) bond motifs is 3. The molecule has 0 bridgehead atoms. The molecule has 33 heavy (non-hydrogen) atoms. The lowest BCUT2D eigenvalue weighted by molar-refractivity contribution is 0.223. The van der Waals surface area contributed by atoms with E-state index in [0.29, 0.717) is 11.0 Å². The standard InChI is InChI=1S/C25H18BrClN4O2/c1-32-18-9-4-15(5-10-18)24-21-22(19-12-17(27)8-11-20(19)33-24)30-25-28-13-29-31(25)23(21)14-2-6-16(26)7-3-14/h2-13,23-24H,1H3,(H,28,29,30)/t23-,24-/m0/s1. The van der Waals surface area contributed by atoms with Gasteiger partial charge in [-0.15, -0.1) is 0 Å². The summed E-state index contributed by atoms with van der Waals surface area (Å²) in [6.07, 6.45) is 1.22. The van der Waals surface area contributed by atoms with Crippen LogP contribution < -0.4 is 14.8 Å². The van der Waals surface area contributed by atoms with Gasteiger partial charge < -0.3 is 14.8 Å². The highest BCUT2D eigenvalue weighted by molar-refractivity contribution is 9.10. The van der Waals surface area contributed by atoms with Crippen LogP contribution in [0.3, 0.4) is 0 Å². The minimum Gasteiger partial charge on any atom is -0.497 e. The van der Waals surface area contributed by atoms with E-state index in [1.165, 1.54) is 0 Å². The van der Waals surface area contributed by atoms with Crippen LogP contribution in [-0.2, 0) is 0 Å². The summed E-state index contributed by atoms with van der Waals surface area (Å²) in [6, 6.07) is 21.7. The van der Waals surface area contributed by atoms with E-state index < -0.39 is 0 Å². The van der Waals surface area contributed by atoms with Crippen LogP contribution >= 0.6 is 27.5 Å². The van der Waals surface area contributed by atoms with Crippen molar-refractivity contribution in [3.05, 3.63) is 105 Å². The second-order valence-electron chi connectivity index (χ2n) is 7.85. The Labute approximate surface area is 204 Å². The molecular formula is C25H18BrClN4O2. The number of anilines is 1. The summed E-state index contributed by atoms with van der Waals surface area (Å²) < 4.78 is 14.9.